The number of hydrogen-bond acceptors (Lipinski definition) is 1. The number of carbonyl (C=O) groups excluding carboxylic acids is 1. The van der Waals surface area contributed by atoms with E-state index >= 15 is 0 Å². The third kappa shape index (κ3) is 2.92. The van der Waals surface area contributed by atoms with Crippen LogP contribution in [0.5, 0.6) is 0 Å². The molecule has 0 aliphatic heterocycles. The lowest BCUT2D eigenvalue weighted by molar-refractivity contribution is -0.121. The molecule has 1 amide bonds. The van der Waals surface area contributed by atoms with Crippen molar-refractivity contribution in [3.05, 3.63) is 36.0 Å². The molecule has 0 saturated carbocycles. The molecule has 0 spiro atoms. The number of aromatic nitrogens is 1. The summed E-state index contributed by atoms with van der Waals surface area (Å²) in [5, 5.41) is 4.21. The number of H-pyrrole nitrogens is 1. The van der Waals surface area contributed by atoms with E-state index in [1.54, 1.807) is 0 Å². The van der Waals surface area contributed by atoms with Crippen LogP contribution in [0.25, 0.3) is 10.9 Å². The first kappa shape index (κ1) is 12.7. The van der Waals surface area contributed by atoms with Crippen molar-refractivity contribution in [1.82, 2.24) is 10.3 Å². The fourth-order valence-electron chi connectivity index (χ4n) is 2.04. The number of hydrogen-bond donors (Lipinski definition) is 2. The lowest BCUT2D eigenvalue weighted by Crippen LogP contribution is -2.31. The van der Waals surface area contributed by atoms with Gasteiger partial charge in [-0.15, -0.1) is 0 Å². The molecule has 3 heteroatoms. The topological polar surface area (TPSA) is 44.9 Å². The highest BCUT2D eigenvalue weighted by molar-refractivity contribution is 5.84. The summed E-state index contributed by atoms with van der Waals surface area (Å²) in [6.07, 6.45) is 4.30. The van der Waals surface area contributed by atoms with Gasteiger partial charge >= 0.3 is 0 Å². The summed E-state index contributed by atoms with van der Waals surface area (Å²) >= 11 is 0. The second kappa shape index (κ2) is 5.71. The van der Waals surface area contributed by atoms with Crippen LogP contribution in [-0.4, -0.2) is 16.9 Å². The van der Waals surface area contributed by atoms with Crippen LogP contribution < -0.4 is 5.32 Å². The predicted molar refractivity (Wildman–Crippen MR) is 74.5 cm³/mol. The lowest BCUT2D eigenvalue weighted by atomic mass is 10.1. The normalized spacial score (nSPS) is 12.6. The van der Waals surface area contributed by atoms with E-state index in [0.29, 0.717) is 6.42 Å². The summed E-state index contributed by atoms with van der Waals surface area (Å²) < 4.78 is 0. The van der Waals surface area contributed by atoms with E-state index < -0.39 is 0 Å². The average Bonchev–Trinajstić information content (AvgIpc) is 2.79. The largest absolute Gasteiger partial charge is 0.361 e. The molecule has 1 atom stereocenters. The Hall–Kier alpha value is -1.77. The van der Waals surface area contributed by atoms with Gasteiger partial charge in [0.1, 0.15) is 0 Å². The molecule has 96 valence electrons. The van der Waals surface area contributed by atoms with Crippen molar-refractivity contribution in [2.75, 3.05) is 0 Å². The van der Waals surface area contributed by atoms with Crippen molar-refractivity contribution in [3.63, 3.8) is 0 Å². The first-order chi connectivity index (χ1) is 8.70. The van der Waals surface area contributed by atoms with Crippen LogP contribution in [0.15, 0.2) is 30.5 Å². The van der Waals surface area contributed by atoms with Gasteiger partial charge in [0.2, 0.25) is 5.91 Å². The minimum absolute atomic E-state index is 0.134. The van der Waals surface area contributed by atoms with E-state index in [0.717, 1.165) is 18.4 Å². The molecule has 18 heavy (non-hydrogen) atoms. The van der Waals surface area contributed by atoms with Crippen LogP contribution in [0.3, 0.4) is 0 Å². The van der Waals surface area contributed by atoms with E-state index in [-0.39, 0.29) is 11.9 Å². The van der Waals surface area contributed by atoms with Crippen LogP contribution >= 0.6 is 0 Å². The molecule has 0 saturated heterocycles. The number of benzene rings is 1. The quantitative estimate of drug-likeness (QED) is 0.834. The second-order valence-electron chi connectivity index (χ2n) is 4.74. The zero-order valence-corrected chi connectivity index (χ0v) is 11.0. The van der Waals surface area contributed by atoms with E-state index in [2.05, 4.69) is 29.4 Å². The smallest absolute Gasteiger partial charge is 0.220 e. The van der Waals surface area contributed by atoms with Crippen LogP contribution in [-0.2, 0) is 11.2 Å². The molecule has 0 radical (unpaired) electrons. The van der Waals surface area contributed by atoms with Gasteiger partial charge in [0.05, 0.1) is 0 Å². The van der Waals surface area contributed by atoms with Crippen molar-refractivity contribution in [2.45, 2.75) is 39.2 Å². The minimum Gasteiger partial charge on any atom is -0.361 e. The summed E-state index contributed by atoms with van der Waals surface area (Å²) in [4.78, 5) is 15.0. The maximum absolute atomic E-state index is 11.7. The molecule has 2 N–H and O–H groups in total. The van der Waals surface area contributed by atoms with Gasteiger partial charge in [-0.05, 0) is 31.4 Å². The number of aryl methyl sites for hydroxylation is 1. The van der Waals surface area contributed by atoms with Gasteiger partial charge in [-0.25, -0.2) is 0 Å². The van der Waals surface area contributed by atoms with Crippen LogP contribution in [0.4, 0.5) is 0 Å². The van der Waals surface area contributed by atoms with Crippen molar-refractivity contribution in [3.8, 4) is 0 Å². The number of rotatable bonds is 5. The molecule has 0 aliphatic carbocycles. The zero-order valence-electron chi connectivity index (χ0n) is 11.0. The van der Waals surface area contributed by atoms with Gasteiger partial charge in [-0.2, -0.15) is 0 Å². The van der Waals surface area contributed by atoms with Gasteiger partial charge in [0.15, 0.2) is 0 Å². The highest BCUT2D eigenvalue weighted by atomic mass is 16.1. The molecule has 1 aromatic carbocycles. The van der Waals surface area contributed by atoms with Gasteiger partial charge < -0.3 is 10.3 Å². The maximum atomic E-state index is 11.7. The maximum Gasteiger partial charge on any atom is 0.220 e. The second-order valence-corrected chi connectivity index (χ2v) is 4.74. The van der Waals surface area contributed by atoms with Crippen LogP contribution in [0.1, 0.15) is 32.3 Å². The molecular weight excluding hydrogens is 224 g/mol. The van der Waals surface area contributed by atoms with E-state index in [9.17, 15) is 4.79 Å². The van der Waals surface area contributed by atoms with Gasteiger partial charge in [-0.3, -0.25) is 4.79 Å². The van der Waals surface area contributed by atoms with Crippen LogP contribution in [0.2, 0.25) is 0 Å². The Kier molecular flexibility index (Phi) is 4.03. The number of amides is 1. The molecule has 3 nitrogen and oxygen atoms in total. The third-order valence-corrected chi connectivity index (χ3v) is 3.32. The number of carbonyl (C=O) groups is 1. The Morgan fingerprint density at radius 2 is 2.17 bits per heavy atom. The third-order valence-electron chi connectivity index (χ3n) is 3.32. The lowest BCUT2D eigenvalue weighted by Gasteiger charge is -2.10. The van der Waals surface area contributed by atoms with Crippen LogP contribution in [0, 0.1) is 0 Å². The summed E-state index contributed by atoms with van der Waals surface area (Å²) in [6, 6.07) is 8.45. The van der Waals surface area contributed by atoms with Crippen molar-refractivity contribution >= 4 is 16.8 Å². The molecule has 1 aromatic heterocycles. The predicted octanol–water partition coefficient (Wildman–Crippen LogP) is 3.02. The Morgan fingerprint density at radius 3 is 2.94 bits per heavy atom. The van der Waals surface area contributed by atoms with Crippen molar-refractivity contribution < 1.29 is 4.79 Å². The zero-order chi connectivity index (χ0) is 13.0. The fourth-order valence-corrected chi connectivity index (χ4v) is 2.04. The molecule has 0 bridgehead atoms. The SMILES string of the molecule is CC[C@@H](C)NC(=O)CCc1c[nH]c2ccccc12. The summed E-state index contributed by atoms with van der Waals surface area (Å²) in [6.45, 7) is 4.11. The Bertz CT molecular complexity index is 530. The molecule has 0 aliphatic rings. The molecular formula is C15H20N2O. The first-order valence-corrected chi connectivity index (χ1v) is 6.55. The number of para-hydroxylation sites is 1. The van der Waals surface area contributed by atoms with Gasteiger partial charge in [0.25, 0.3) is 0 Å². The summed E-state index contributed by atoms with van der Waals surface area (Å²) in [7, 11) is 0. The Balaban J connectivity index is 1.96. The van der Waals surface area contributed by atoms with Crippen molar-refractivity contribution in [2.24, 2.45) is 0 Å². The first-order valence-electron chi connectivity index (χ1n) is 6.55. The molecule has 2 aromatic rings. The van der Waals surface area contributed by atoms with E-state index in [1.807, 2.05) is 25.3 Å². The standard InChI is InChI=1S/C15H20N2O/c1-3-11(2)17-15(18)9-8-12-10-16-14-7-5-4-6-13(12)14/h4-7,10-11,16H,3,8-9H2,1-2H3,(H,17,18)/t11-/m1/s1. The van der Waals surface area contributed by atoms with Gasteiger partial charge in [-0.1, -0.05) is 25.1 Å². The van der Waals surface area contributed by atoms with Gasteiger partial charge in [0, 0.05) is 29.6 Å². The minimum atomic E-state index is 0.134. The fraction of sp³-hybridized carbons (Fsp3) is 0.400. The average molecular weight is 244 g/mol. The highest BCUT2D eigenvalue weighted by Crippen LogP contribution is 2.18. The highest BCUT2D eigenvalue weighted by Gasteiger charge is 2.08. The van der Waals surface area contributed by atoms with E-state index in [1.165, 1.54) is 10.9 Å². The summed E-state index contributed by atoms with van der Waals surface area (Å²) in [5.74, 6) is 0.134. The van der Waals surface area contributed by atoms with Crippen molar-refractivity contribution in [1.29, 1.82) is 0 Å². The monoisotopic (exact) mass is 244 g/mol. The molecule has 2 rings (SSSR count). The molecule has 0 unspecified atom stereocenters. The molecule has 0 fully saturated rings. The summed E-state index contributed by atoms with van der Waals surface area (Å²) in [5.41, 5.74) is 2.35. The Labute approximate surface area is 108 Å². The Morgan fingerprint density at radius 1 is 1.39 bits per heavy atom. The number of fused-ring (bicyclic) bond motifs is 1. The van der Waals surface area contributed by atoms with E-state index in [4.69, 9.17) is 0 Å². The number of aromatic amines is 1. The number of nitrogens with one attached hydrogen (secondary N) is 2. The molecule has 1 heterocycles.